The molecule has 0 aliphatic heterocycles. The summed E-state index contributed by atoms with van der Waals surface area (Å²) < 4.78 is 5.79. The number of amides is 1. The summed E-state index contributed by atoms with van der Waals surface area (Å²) in [4.78, 5) is 12.3. The summed E-state index contributed by atoms with van der Waals surface area (Å²) in [7, 11) is 0. The van der Waals surface area contributed by atoms with Gasteiger partial charge in [-0.1, -0.05) is 30.3 Å². The van der Waals surface area contributed by atoms with E-state index in [1.54, 1.807) is 26.0 Å². The van der Waals surface area contributed by atoms with Crippen molar-refractivity contribution in [3.05, 3.63) is 65.2 Å². The van der Waals surface area contributed by atoms with E-state index in [-0.39, 0.29) is 12.5 Å². The van der Waals surface area contributed by atoms with E-state index in [4.69, 9.17) is 4.74 Å². The first-order valence-corrected chi connectivity index (χ1v) is 7.61. The molecule has 0 atom stereocenters. The Kier molecular flexibility index (Phi) is 5.40. The van der Waals surface area contributed by atoms with Crippen LogP contribution in [0.4, 0.5) is 0 Å². The lowest BCUT2D eigenvalue weighted by molar-refractivity contribution is 0.0869. The van der Waals surface area contributed by atoms with Gasteiger partial charge in [0.05, 0.1) is 12.1 Å². The number of rotatable bonds is 6. The number of hydrogen-bond acceptors (Lipinski definition) is 3. The third-order valence-corrected chi connectivity index (χ3v) is 3.41. The van der Waals surface area contributed by atoms with Gasteiger partial charge in [0.15, 0.2) is 0 Å². The molecule has 0 aliphatic rings. The standard InChI is InChI=1S/C19H23NO3/c1-14-9-16(18(22)20-19(2,3)13-21)11-17(10-14)23-12-15-7-5-4-6-8-15/h4-11,21H,12-13H2,1-3H3,(H,20,22). The number of carbonyl (C=O) groups is 1. The lowest BCUT2D eigenvalue weighted by Crippen LogP contribution is -2.46. The van der Waals surface area contributed by atoms with Crippen molar-refractivity contribution in [3.63, 3.8) is 0 Å². The highest BCUT2D eigenvalue weighted by molar-refractivity contribution is 5.95. The summed E-state index contributed by atoms with van der Waals surface area (Å²) in [6.07, 6.45) is 0. The van der Waals surface area contributed by atoms with Gasteiger partial charge in [-0.05, 0) is 50.1 Å². The maximum absolute atomic E-state index is 12.3. The average molecular weight is 313 g/mol. The Morgan fingerprint density at radius 3 is 2.52 bits per heavy atom. The maximum atomic E-state index is 12.3. The zero-order valence-electron chi connectivity index (χ0n) is 13.8. The zero-order chi connectivity index (χ0) is 16.9. The molecule has 0 bridgehead atoms. The largest absolute Gasteiger partial charge is 0.489 e. The van der Waals surface area contributed by atoms with E-state index in [9.17, 15) is 9.90 Å². The molecule has 0 aliphatic carbocycles. The highest BCUT2D eigenvalue weighted by atomic mass is 16.5. The van der Waals surface area contributed by atoms with Crippen LogP contribution < -0.4 is 10.1 Å². The Morgan fingerprint density at radius 1 is 1.17 bits per heavy atom. The topological polar surface area (TPSA) is 58.6 Å². The second kappa shape index (κ2) is 7.29. The Labute approximate surface area is 137 Å². The first-order chi connectivity index (χ1) is 10.9. The third-order valence-electron chi connectivity index (χ3n) is 3.41. The van der Waals surface area contributed by atoms with Crippen LogP contribution in [0.2, 0.25) is 0 Å². The van der Waals surface area contributed by atoms with Crippen LogP contribution in [0.5, 0.6) is 5.75 Å². The van der Waals surface area contributed by atoms with Crippen molar-refractivity contribution < 1.29 is 14.6 Å². The Morgan fingerprint density at radius 2 is 1.87 bits per heavy atom. The van der Waals surface area contributed by atoms with Gasteiger partial charge in [0, 0.05) is 5.56 Å². The molecule has 0 saturated carbocycles. The Hall–Kier alpha value is -2.33. The summed E-state index contributed by atoms with van der Waals surface area (Å²) in [6.45, 7) is 5.79. The number of benzene rings is 2. The highest BCUT2D eigenvalue weighted by Crippen LogP contribution is 2.19. The van der Waals surface area contributed by atoms with E-state index in [0.717, 1.165) is 11.1 Å². The molecule has 2 rings (SSSR count). The summed E-state index contributed by atoms with van der Waals surface area (Å²) in [6, 6.07) is 15.3. The van der Waals surface area contributed by atoms with Crippen LogP contribution >= 0.6 is 0 Å². The SMILES string of the molecule is Cc1cc(OCc2ccccc2)cc(C(=O)NC(C)(C)CO)c1. The van der Waals surface area contributed by atoms with Crippen molar-refractivity contribution in [1.29, 1.82) is 0 Å². The zero-order valence-corrected chi connectivity index (χ0v) is 13.8. The van der Waals surface area contributed by atoms with Crippen molar-refractivity contribution in [2.45, 2.75) is 32.9 Å². The predicted molar refractivity (Wildman–Crippen MR) is 90.6 cm³/mol. The number of carbonyl (C=O) groups excluding carboxylic acids is 1. The summed E-state index contributed by atoms with van der Waals surface area (Å²) >= 11 is 0. The third kappa shape index (κ3) is 5.11. The lowest BCUT2D eigenvalue weighted by Gasteiger charge is -2.23. The number of nitrogens with one attached hydrogen (secondary N) is 1. The van der Waals surface area contributed by atoms with Gasteiger partial charge in [0.2, 0.25) is 0 Å². The van der Waals surface area contributed by atoms with Gasteiger partial charge < -0.3 is 15.2 Å². The molecule has 0 heterocycles. The molecular formula is C19H23NO3. The van der Waals surface area contributed by atoms with E-state index in [2.05, 4.69) is 5.32 Å². The molecule has 4 heteroatoms. The Balaban J connectivity index is 2.11. The van der Waals surface area contributed by atoms with Crippen LogP contribution in [-0.4, -0.2) is 23.2 Å². The van der Waals surface area contributed by atoms with Gasteiger partial charge in [-0.25, -0.2) is 0 Å². The molecule has 0 unspecified atom stereocenters. The Bertz CT molecular complexity index is 666. The minimum atomic E-state index is -0.661. The van der Waals surface area contributed by atoms with Crippen LogP contribution in [0.1, 0.15) is 35.3 Å². The van der Waals surface area contributed by atoms with Gasteiger partial charge >= 0.3 is 0 Å². The lowest BCUT2D eigenvalue weighted by atomic mass is 10.1. The second-order valence-corrected chi connectivity index (χ2v) is 6.31. The van der Waals surface area contributed by atoms with Crippen molar-refractivity contribution in [1.82, 2.24) is 5.32 Å². The van der Waals surface area contributed by atoms with Crippen LogP contribution in [0.15, 0.2) is 48.5 Å². The van der Waals surface area contributed by atoms with Gasteiger partial charge in [-0.3, -0.25) is 4.79 Å². The summed E-state index contributed by atoms with van der Waals surface area (Å²) in [5.74, 6) is 0.429. The summed E-state index contributed by atoms with van der Waals surface area (Å²) in [5.41, 5.74) is 1.88. The molecule has 23 heavy (non-hydrogen) atoms. The molecule has 4 nitrogen and oxygen atoms in total. The molecular weight excluding hydrogens is 290 g/mol. The fraction of sp³-hybridized carbons (Fsp3) is 0.316. The monoisotopic (exact) mass is 313 g/mol. The van der Waals surface area contributed by atoms with Crippen LogP contribution in [0, 0.1) is 6.92 Å². The molecule has 2 N–H and O–H groups in total. The quantitative estimate of drug-likeness (QED) is 0.861. The smallest absolute Gasteiger partial charge is 0.251 e. The van der Waals surface area contributed by atoms with Crippen molar-refractivity contribution in [3.8, 4) is 5.75 Å². The molecule has 0 radical (unpaired) electrons. The number of hydrogen-bond donors (Lipinski definition) is 2. The molecule has 122 valence electrons. The molecule has 0 saturated heterocycles. The van der Waals surface area contributed by atoms with Crippen LogP contribution in [-0.2, 0) is 6.61 Å². The molecule has 1 amide bonds. The van der Waals surface area contributed by atoms with Crippen LogP contribution in [0.3, 0.4) is 0 Å². The highest BCUT2D eigenvalue weighted by Gasteiger charge is 2.20. The van der Waals surface area contributed by atoms with E-state index >= 15 is 0 Å². The molecule has 2 aromatic carbocycles. The van der Waals surface area contributed by atoms with Crippen molar-refractivity contribution in [2.75, 3.05) is 6.61 Å². The molecule has 2 aromatic rings. The summed E-state index contributed by atoms with van der Waals surface area (Å²) in [5, 5.41) is 12.1. The van der Waals surface area contributed by atoms with Crippen molar-refractivity contribution in [2.24, 2.45) is 0 Å². The van der Waals surface area contributed by atoms with E-state index in [0.29, 0.717) is 17.9 Å². The van der Waals surface area contributed by atoms with Crippen LogP contribution in [0.25, 0.3) is 0 Å². The average Bonchev–Trinajstić information content (AvgIpc) is 2.53. The second-order valence-electron chi connectivity index (χ2n) is 6.31. The van der Waals surface area contributed by atoms with E-state index in [1.807, 2.05) is 43.3 Å². The fourth-order valence-electron chi connectivity index (χ4n) is 2.12. The predicted octanol–water partition coefficient (Wildman–Crippen LogP) is 3.07. The minimum absolute atomic E-state index is 0.123. The number of aliphatic hydroxyl groups excluding tert-OH is 1. The van der Waals surface area contributed by atoms with E-state index in [1.165, 1.54) is 0 Å². The van der Waals surface area contributed by atoms with Gasteiger partial charge in [-0.15, -0.1) is 0 Å². The molecule has 0 aromatic heterocycles. The number of ether oxygens (including phenoxy) is 1. The molecule has 0 spiro atoms. The number of aryl methyl sites for hydroxylation is 1. The van der Waals surface area contributed by atoms with Gasteiger partial charge in [0.25, 0.3) is 5.91 Å². The van der Waals surface area contributed by atoms with Gasteiger partial charge in [0.1, 0.15) is 12.4 Å². The van der Waals surface area contributed by atoms with Gasteiger partial charge in [-0.2, -0.15) is 0 Å². The fourth-order valence-corrected chi connectivity index (χ4v) is 2.12. The van der Waals surface area contributed by atoms with E-state index < -0.39 is 5.54 Å². The molecule has 0 fully saturated rings. The number of aliphatic hydroxyl groups is 1. The first kappa shape index (κ1) is 17.0. The van der Waals surface area contributed by atoms with Crippen molar-refractivity contribution >= 4 is 5.91 Å². The maximum Gasteiger partial charge on any atom is 0.251 e. The minimum Gasteiger partial charge on any atom is -0.489 e. The normalized spacial score (nSPS) is 11.1. The first-order valence-electron chi connectivity index (χ1n) is 7.61.